The summed E-state index contributed by atoms with van der Waals surface area (Å²) in [6.45, 7) is 3.15. The highest BCUT2D eigenvalue weighted by atomic mass is 32.1. The van der Waals surface area contributed by atoms with Crippen LogP contribution < -0.4 is 11.1 Å². The van der Waals surface area contributed by atoms with Crippen LogP contribution in [0, 0.1) is 0 Å². The highest BCUT2D eigenvalue weighted by Gasteiger charge is 2.24. The molecule has 0 aromatic carbocycles. The molecule has 1 saturated heterocycles. The lowest BCUT2D eigenvalue weighted by Gasteiger charge is -2.26. The molecule has 2 heterocycles. The van der Waals surface area contributed by atoms with Crippen LogP contribution in [0.2, 0.25) is 0 Å². The number of likely N-dealkylation sites (tertiary alicyclic amines) is 1. The molecule has 1 aliphatic carbocycles. The average molecular weight is 321 g/mol. The number of guanidine groups is 1. The number of rotatable bonds is 5. The highest BCUT2D eigenvalue weighted by Crippen LogP contribution is 2.28. The molecule has 2 aliphatic rings. The quantitative estimate of drug-likeness (QED) is 0.647. The van der Waals surface area contributed by atoms with Gasteiger partial charge >= 0.3 is 0 Å². The first-order valence-electron chi connectivity index (χ1n) is 8.67. The van der Waals surface area contributed by atoms with E-state index >= 15 is 0 Å². The second-order valence-electron chi connectivity index (χ2n) is 6.48. The molecule has 3 N–H and O–H groups in total. The van der Waals surface area contributed by atoms with Gasteiger partial charge in [0.25, 0.3) is 0 Å². The Morgan fingerprint density at radius 3 is 2.73 bits per heavy atom. The molecule has 3 rings (SSSR count). The first-order chi connectivity index (χ1) is 10.8. The molecule has 5 heteroatoms. The third kappa shape index (κ3) is 4.23. The largest absolute Gasteiger partial charge is 0.370 e. The Hall–Kier alpha value is -1.07. The van der Waals surface area contributed by atoms with Gasteiger partial charge in [-0.1, -0.05) is 25.3 Å². The predicted molar refractivity (Wildman–Crippen MR) is 94.4 cm³/mol. The van der Waals surface area contributed by atoms with Crippen molar-refractivity contribution in [3.63, 3.8) is 0 Å². The van der Waals surface area contributed by atoms with Crippen LogP contribution in [-0.4, -0.2) is 36.5 Å². The van der Waals surface area contributed by atoms with Gasteiger partial charge in [-0.25, -0.2) is 0 Å². The minimum atomic E-state index is 0.397. The van der Waals surface area contributed by atoms with E-state index in [2.05, 4.69) is 32.7 Å². The number of hydrogen-bond donors (Lipinski definition) is 2. The monoisotopic (exact) mass is 320 g/mol. The third-order valence-electron chi connectivity index (χ3n) is 4.84. The fourth-order valence-electron chi connectivity index (χ4n) is 3.61. The zero-order valence-electron chi connectivity index (χ0n) is 13.3. The lowest BCUT2D eigenvalue weighted by Crippen LogP contribution is -2.41. The summed E-state index contributed by atoms with van der Waals surface area (Å²) >= 11 is 1.83. The molecule has 2 fully saturated rings. The molecule has 0 amide bonds. The Balaban J connectivity index is 1.58. The normalized spacial score (nSPS) is 22.8. The van der Waals surface area contributed by atoms with Crippen molar-refractivity contribution in [2.24, 2.45) is 10.7 Å². The molecule has 4 nitrogen and oxygen atoms in total. The zero-order valence-corrected chi connectivity index (χ0v) is 14.2. The first-order valence-corrected chi connectivity index (χ1v) is 9.55. The van der Waals surface area contributed by atoms with Gasteiger partial charge in [0.15, 0.2) is 5.96 Å². The number of nitrogens with one attached hydrogen (secondary N) is 1. The van der Waals surface area contributed by atoms with E-state index in [1.165, 1.54) is 62.9 Å². The molecule has 22 heavy (non-hydrogen) atoms. The maximum absolute atomic E-state index is 6.13. The van der Waals surface area contributed by atoms with Crippen LogP contribution in [0.25, 0.3) is 0 Å². The number of thiophene rings is 1. The van der Waals surface area contributed by atoms with Crippen LogP contribution in [0.3, 0.4) is 0 Å². The third-order valence-corrected chi connectivity index (χ3v) is 5.82. The van der Waals surface area contributed by atoms with Crippen molar-refractivity contribution < 1.29 is 0 Å². The molecule has 1 unspecified atom stereocenters. The van der Waals surface area contributed by atoms with Crippen molar-refractivity contribution in [3.8, 4) is 0 Å². The molecule has 1 aromatic rings. The summed E-state index contributed by atoms with van der Waals surface area (Å²) in [5, 5.41) is 5.58. The number of hydrogen-bond acceptors (Lipinski definition) is 3. The molecular formula is C17H28N4S. The summed E-state index contributed by atoms with van der Waals surface area (Å²) in [7, 11) is 0. The van der Waals surface area contributed by atoms with E-state index in [0.717, 1.165) is 6.54 Å². The Bertz CT molecular complexity index is 459. The molecule has 1 saturated carbocycles. The maximum Gasteiger partial charge on any atom is 0.188 e. The standard InChI is InChI=1S/C17H28N4S/c18-17(20-14-7-2-1-3-8-14)19-13-15(16-9-6-12-22-16)21-10-4-5-11-21/h6,9,12,14-15H,1-5,7-8,10-11,13H2,(H3,18,19,20). The Labute approximate surface area is 137 Å². The lowest BCUT2D eigenvalue weighted by molar-refractivity contribution is 0.255. The summed E-state index contributed by atoms with van der Waals surface area (Å²) < 4.78 is 0. The van der Waals surface area contributed by atoms with Crippen LogP contribution in [-0.2, 0) is 0 Å². The van der Waals surface area contributed by atoms with Crippen LogP contribution >= 0.6 is 11.3 Å². The van der Waals surface area contributed by atoms with Crippen molar-refractivity contribution in [1.29, 1.82) is 0 Å². The Kier molecular flexibility index (Phi) is 5.73. The molecule has 1 aromatic heterocycles. The Morgan fingerprint density at radius 1 is 1.27 bits per heavy atom. The fraction of sp³-hybridized carbons (Fsp3) is 0.706. The molecule has 0 bridgehead atoms. The predicted octanol–water partition coefficient (Wildman–Crippen LogP) is 3.12. The van der Waals surface area contributed by atoms with Gasteiger partial charge in [0.2, 0.25) is 0 Å². The van der Waals surface area contributed by atoms with Crippen LogP contribution in [0.5, 0.6) is 0 Å². The Morgan fingerprint density at radius 2 is 2.05 bits per heavy atom. The minimum absolute atomic E-state index is 0.397. The SMILES string of the molecule is NC(=NCC(c1cccs1)N1CCCC1)NC1CCCCC1. The van der Waals surface area contributed by atoms with Gasteiger partial charge in [-0.3, -0.25) is 9.89 Å². The average Bonchev–Trinajstić information content (AvgIpc) is 3.22. The van der Waals surface area contributed by atoms with Gasteiger partial charge in [-0.15, -0.1) is 11.3 Å². The smallest absolute Gasteiger partial charge is 0.188 e. The van der Waals surface area contributed by atoms with E-state index in [4.69, 9.17) is 5.73 Å². The van der Waals surface area contributed by atoms with E-state index in [-0.39, 0.29) is 0 Å². The summed E-state index contributed by atoms with van der Waals surface area (Å²) in [5.41, 5.74) is 6.13. The number of nitrogens with zero attached hydrogens (tertiary/aromatic N) is 2. The molecule has 0 spiro atoms. The van der Waals surface area contributed by atoms with Crippen LogP contribution in [0.15, 0.2) is 22.5 Å². The summed E-state index contributed by atoms with van der Waals surface area (Å²) in [6.07, 6.45) is 9.08. The molecule has 122 valence electrons. The van der Waals surface area contributed by atoms with Gasteiger partial charge in [0, 0.05) is 10.9 Å². The van der Waals surface area contributed by atoms with E-state index in [1.807, 2.05) is 11.3 Å². The molecule has 0 radical (unpaired) electrons. The van der Waals surface area contributed by atoms with Gasteiger partial charge in [0.05, 0.1) is 12.6 Å². The van der Waals surface area contributed by atoms with Gasteiger partial charge < -0.3 is 11.1 Å². The van der Waals surface area contributed by atoms with Crippen LogP contribution in [0.4, 0.5) is 0 Å². The molecule has 1 atom stereocenters. The molecule has 1 aliphatic heterocycles. The first kappa shape index (κ1) is 15.8. The van der Waals surface area contributed by atoms with E-state index in [9.17, 15) is 0 Å². The van der Waals surface area contributed by atoms with Crippen molar-refractivity contribution >= 4 is 17.3 Å². The van der Waals surface area contributed by atoms with E-state index in [0.29, 0.717) is 18.0 Å². The number of aliphatic imine (C=N–C) groups is 1. The topological polar surface area (TPSA) is 53.6 Å². The second-order valence-corrected chi connectivity index (χ2v) is 7.46. The molecular weight excluding hydrogens is 292 g/mol. The second kappa shape index (κ2) is 7.97. The summed E-state index contributed by atoms with van der Waals surface area (Å²) in [6, 6.07) is 5.29. The van der Waals surface area contributed by atoms with Gasteiger partial charge in [-0.2, -0.15) is 0 Å². The maximum atomic E-state index is 6.13. The van der Waals surface area contributed by atoms with Crippen molar-refractivity contribution in [2.45, 2.75) is 57.0 Å². The summed E-state index contributed by atoms with van der Waals surface area (Å²) in [5.74, 6) is 0.632. The van der Waals surface area contributed by atoms with Gasteiger partial charge in [0.1, 0.15) is 0 Å². The minimum Gasteiger partial charge on any atom is -0.370 e. The van der Waals surface area contributed by atoms with Gasteiger partial charge in [-0.05, 0) is 50.2 Å². The van der Waals surface area contributed by atoms with E-state index in [1.54, 1.807) is 0 Å². The highest BCUT2D eigenvalue weighted by molar-refractivity contribution is 7.10. The fourth-order valence-corrected chi connectivity index (χ4v) is 4.46. The van der Waals surface area contributed by atoms with Crippen molar-refractivity contribution in [1.82, 2.24) is 10.2 Å². The van der Waals surface area contributed by atoms with Crippen molar-refractivity contribution in [2.75, 3.05) is 19.6 Å². The zero-order chi connectivity index (χ0) is 15.2. The van der Waals surface area contributed by atoms with E-state index < -0.39 is 0 Å². The van der Waals surface area contributed by atoms with Crippen molar-refractivity contribution in [3.05, 3.63) is 22.4 Å². The summed E-state index contributed by atoms with van der Waals surface area (Å²) in [4.78, 5) is 8.64. The number of nitrogens with two attached hydrogens (primary N) is 1. The lowest BCUT2D eigenvalue weighted by atomic mass is 9.96. The van der Waals surface area contributed by atoms with Crippen LogP contribution in [0.1, 0.15) is 55.9 Å².